The van der Waals surface area contributed by atoms with E-state index in [1.165, 1.54) is 6.42 Å². The van der Waals surface area contributed by atoms with Crippen molar-refractivity contribution in [2.75, 3.05) is 13.3 Å². The minimum Gasteiger partial charge on any atom is -0.480 e. The predicted molar refractivity (Wildman–Crippen MR) is 53.2 cm³/mol. The molecular formula is C10H17NO4. The van der Waals surface area contributed by atoms with Crippen LogP contribution < -0.4 is 0 Å². The quantitative estimate of drug-likeness (QED) is 0.525. The second-order valence-electron chi connectivity index (χ2n) is 3.82. The van der Waals surface area contributed by atoms with Crippen molar-refractivity contribution in [3.05, 3.63) is 0 Å². The van der Waals surface area contributed by atoms with Gasteiger partial charge in [0.1, 0.15) is 6.73 Å². The Morgan fingerprint density at radius 1 is 1.40 bits per heavy atom. The molecule has 1 aliphatic rings. The normalized spacial score (nSPS) is 17.7. The van der Waals surface area contributed by atoms with Crippen LogP contribution in [-0.2, 0) is 14.3 Å². The summed E-state index contributed by atoms with van der Waals surface area (Å²) in [6.07, 6.45) is 5.46. The van der Waals surface area contributed by atoms with Crippen LogP contribution in [0.25, 0.3) is 0 Å². The lowest BCUT2D eigenvalue weighted by atomic mass is 9.94. The van der Waals surface area contributed by atoms with Crippen LogP contribution in [-0.4, -0.2) is 41.8 Å². The molecule has 0 amide bonds. The van der Waals surface area contributed by atoms with Crippen molar-refractivity contribution in [3.63, 3.8) is 0 Å². The molecule has 1 fully saturated rings. The van der Waals surface area contributed by atoms with Crippen LogP contribution in [0.5, 0.6) is 0 Å². The van der Waals surface area contributed by atoms with Gasteiger partial charge in [0.25, 0.3) is 6.47 Å². The molecular weight excluding hydrogens is 198 g/mol. The minimum atomic E-state index is -0.880. The first-order chi connectivity index (χ1) is 7.24. The van der Waals surface area contributed by atoms with Crippen molar-refractivity contribution < 1.29 is 19.4 Å². The monoisotopic (exact) mass is 215 g/mol. The van der Waals surface area contributed by atoms with Crippen LogP contribution in [0.3, 0.4) is 0 Å². The first-order valence-electron chi connectivity index (χ1n) is 5.25. The Morgan fingerprint density at radius 3 is 2.60 bits per heavy atom. The first-order valence-corrected chi connectivity index (χ1v) is 5.25. The van der Waals surface area contributed by atoms with Crippen molar-refractivity contribution in [1.82, 2.24) is 4.90 Å². The van der Waals surface area contributed by atoms with Gasteiger partial charge in [-0.2, -0.15) is 0 Å². The number of hydrogen-bond donors (Lipinski definition) is 1. The summed E-state index contributed by atoms with van der Waals surface area (Å²) in [6, 6.07) is 0.245. The Balaban J connectivity index is 2.44. The SMILES string of the molecule is O=COCN(CC(=O)O)C1CCCCC1. The molecule has 0 spiro atoms. The first kappa shape index (κ1) is 12.0. The summed E-state index contributed by atoms with van der Waals surface area (Å²) in [5, 5.41) is 8.73. The zero-order chi connectivity index (χ0) is 11.1. The van der Waals surface area contributed by atoms with Gasteiger partial charge in [0.2, 0.25) is 0 Å². The molecule has 0 aliphatic heterocycles. The van der Waals surface area contributed by atoms with Gasteiger partial charge in [0.15, 0.2) is 0 Å². The van der Waals surface area contributed by atoms with Crippen LogP contribution in [0.15, 0.2) is 0 Å². The van der Waals surface area contributed by atoms with E-state index in [9.17, 15) is 9.59 Å². The summed E-state index contributed by atoms with van der Waals surface area (Å²) >= 11 is 0. The van der Waals surface area contributed by atoms with Gasteiger partial charge in [-0.3, -0.25) is 14.5 Å². The van der Waals surface area contributed by atoms with E-state index in [2.05, 4.69) is 4.74 Å². The molecule has 5 nitrogen and oxygen atoms in total. The van der Waals surface area contributed by atoms with Gasteiger partial charge in [-0.25, -0.2) is 0 Å². The van der Waals surface area contributed by atoms with Gasteiger partial charge < -0.3 is 9.84 Å². The molecule has 0 heterocycles. The van der Waals surface area contributed by atoms with Gasteiger partial charge in [0, 0.05) is 6.04 Å². The fourth-order valence-corrected chi connectivity index (χ4v) is 2.03. The molecule has 1 N–H and O–H groups in total. The lowest BCUT2D eigenvalue weighted by Crippen LogP contribution is -2.41. The zero-order valence-corrected chi connectivity index (χ0v) is 8.72. The van der Waals surface area contributed by atoms with E-state index >= 15 is 0 Å². The summed E-state index contributed by atoms with van der Waals surface area (Å²) in [4.78, 5) is 22.4. The van der Waals surface area contributed by atoms with E-state index in [0.29, 0.717) is 6.47 Å². The summed E-state index contributed by atoms with van der Waals surface area (Å²) in [6.45, 7) is 0.386. The molecule has 1 saturated carbocycles. The van der Waals surface area contributed by atoms with E-state index < -0.39 is 5.97 Å². The van der Waals surface area contributed by atoms with Crippen molar-refractivity contribution in [2.45, 2.75) is 38.1 Å². The number of carboxylic acid groups (broad SMARTS) is 1. The van der Waals surface area contributed by atoms with Crippen molar-refractivity contribution in [1.29, 1.82) is 0 Å². The van der Waals surface area contributed by atoms with Gasteiger partial charge in [-0.1, -0.05) is 19.3 Å². The lowest BCUT2D eigenvalue weighted by Gasteiger charge is -2.31. The zero-order valence-electron chi connectivity index (χ0n) is 8.72. The highest BCUT2D eigenvalue weighted by Gasteiger charge is 2.22. The highest BCUT2D eigenvalue weighted by Crippen LogP contribution is 2.22. The third kappa shape index (κ3) is 4.29. The molecule has 5 heteroatoms. The maximum atomic E-state index is 10.6. The molecule has 0 unspecified atom stereocenters. The molecule has 86 valence electrons. The Hall–Kier alpha value is -1.10. The predicted octanol–water partition coefficient (Wildman–Crippen LogP) is 0.836. The number of rotatable bonds is 6. The number of nitrogens with zero attached hydrogens (tertiary/aromatic N) is 1. The molecule has 1 aliphatic carbocycles. The minimum absolute atomic E-state index is 0.0570. The number of aliphatic carboxylic acids is 1. The van der Waals surface area contributed by atoms with Crippen LogP contribution in [0.1, 0.15) is 32.1 Å². The van der Waals surface area contributed by atoms with E-state index in [1.807, 2.05) is 0 Å². The second-order valence-corrected chi connectivity index (χ2v) is 3.82. The molecule has 0 atom stereocenters. The third-order valence-electron chi connectivity index (χ3n) is 2.74. The summed E-state index contributed by atoms with van der Waals surface area (Å²) < 4.78 is 4.63. The Morgan fingerprint density at radius 2 is 2.07 bits per heavy atom. The molecule has 0 aromatic carbocycles. The molecule has 0 aromatic rings. The van der Waals surface area contributed by atoms with E-state index in [0.717, 1.165) is 25.7 Å². The molecule has 15 heavy (non-hydrogen) atoms. The number of carbonyl (C=O) groups excluding carboxylic acids is 1. The summed E-state index contributed by atoms with van der Waals surface area (Å²) in [5.74, 6) is -0.880. The molecule has 0 radical (unpaired) electrons. The number of carboxylic acids is 1. The smallest absolute Gasteiger partial charge is 0.317 e. The van der Waals surface area contributed by atoms with Crippen LogP contribution in [0.4, 0.5) is 0 Å². The van der Waals surface area contributed by atoms with Gasteiger partial charge in [-0.15, -0.1) is 0 Å². The van der Waals surface area contributed by atoms with E-state index in [-0.39, 0.29) is 19.3 Å². The maximum Gasteiger partial charge on any atom is 0.317 e. The Bertz CT molecular complexity index is 213. The average Bonchev–Trinajstić information content (AvgIpc) is 2.25. The average molecular weight is 215 g/mol. The maximum absolute atomic E-state index is 10.6. The molecule has 0 bridgehead atoms. The third-order valence-corrected chi connectivity index (χ3v) is 2.74. The summed E-state index contributed by atoms with van der Waals surface area (Å²) in [5.41, 5.74) is 0. The number of hydrogen-bond acceptors (Lipinski definition) is 4. The number of carbonyl (C=O) groups is 2. The lowest BCUT2D eigenvalue weighted by molar-refractivity contribution is -0.145. The van der Waals surface area contributed by atoms with Gasteiger partial charge >= 0.3 is 5.97 Å². The van der Waals surface area contributed by atoms with Crippen molar-refractivity contribution in [2.24, 2.45) is 0 Å². The highest BCUT2D eigenvalue weighted by atomic mass is 16.5. The van der Waals surface area contributed by atoms with Gasteiger partial charge in [0.05, 0.1) is 6.54 Å². The van der Waals surface area contributed by atoms with Crippen molar-refractivity contribution >= 4 is 12.4 Å². The second kappa shape index (κ2) is 6.40. The number of ether oxygens (including phenoxy) is 1. The van der Waals surface area contributed by atoms with Crippen molar-refractivity contribution in [3.8, 4) is 0 Å². The Labute approximate surface area is 89.0 Å². The van der Waals surface area contributed by atoms with Crippen LogP contribution in [0.2, 0.25) is 0 Å². The van der Waals surface area contributed by atoms with Crippen LogP contribution >= 0.6 is 0 Å². The standard InChI is InChI=1S/C10H17NO4/c12-8-15-7-11(6-10(13)14)9-4-2-1-3-5-9/h8-9H,1-7H2,(H,13,14). The Kier molecular flexibility index (Phi) is 5.10. The fraction of sp³-hybridized carbons (Fsp3) is 0.800. The highest BCUT2D eigenvalue weighted by molar-refractivity contribution is 5.69. The van der Waals surface area contributed by atoms with E-state index in [1.54, 1.807) is 4.90 Å². The van der Waals surface area contributed by atoms with E-state index in [4.69, 9.17) is 5.11 Å². The summed E-state index contributed by atoms with van der Waals surface area (Å²) in [7, 11) is 0. The fourth-order valence-electron chi connectivity index (χ4n) is 2.03. The molecule has 0 aromatic heterocycles. The topological polar surface area (TPSA) is 66.8 Å². The largest absolute Gasteiger partial charge is 0.480 e. The van der Waals surface area contributed by atoms with Gasteiger partial charge in [-0.05, 0) is 12.8 Å². The van der Waals surface area contributed by atoms with Crippen LogP contribution in [0, 0.1) is 0 Å². The molecule has 0 saturated heterocycles. The molecule has 1 rings (SSSR count).